The predicted molar refractivity (Wildman–Crippen MR) is 58.0 cm³/mol. The molecular weight excluding hydrogens is 227 g/mol. The van der Waals surface area contributed by atoms with Gasteiger partial charge in [0.2, 0.25) is 0 Å². The molecule has 0 radical (unpaired) electrons. The Hall–Kier alpha value is -1.91. The van der Waals surface area contributed by atoms with Gasteiger partial charge in [0.05, 0.1) is 7.11 Å². The molecule has 0 spiro atoms. The normalized spacial score (nSPS) is 11.9. The third kappa shape index (κ3) is 3.27. The summed E-state index contributed by atoms with van der Waals surface area (Å²) in [6.45, 7) is 1.66. The van der Waals surface area contributed by atoms with Crippen molar-refractivity contribution in [2.24, 2.45) is 5.92 Å². The van der Waals surface area contributed by atoms with Gasteiger partial charge in [0.25, 0.3) is 0 Å². The minimum atomic E-state index is -1.26. The number of hydrogen-bond donors (Lipinski definition) is 1. The number of carboxylic acid groups (broad SMARTS) is 1. The molecule has 0 aliphatic carbocycles. The van der Waals surface area contributed by atoms with Gasteiger partial charge >= 0.3 is 11.9 Å². The lowest BCUT2D eigenvalue weighted by Gasteiger charge is -2.11. The van der Waals surface area contributed by atoms with E-state index in [9.17, 15) is 14.0 Å². The highest BCUT2D eigenvalue weighted by molar-refractivity contribution is 5.94. The lowest BCUT2D eigenvalue weighted by atomic mass is 9.96. The van der Waals surface area contributed by atoms with E-state index < -0.39 is 23.7 Å². The Morgan fingerprint density at radius 1 is 1.47 bits per heavy atom. The number of carboxylic acids is 1. The summed E-state index contributed by atoms with van der Waals surface area (Å²) in [5.41, 5.74) is 1.23. The van der Waals surface area contributed by atoms with Gasteiger partial charge in [-0.15, -0.1) is 0 Å². The van der Waals surface area contributed by atoms with Crippen molar-refractivity contribution in [3.05, 3.63) is 35.1 Å². The van der Waals surface area contributed by atoms with Gasteiger partial charge in [-0.25, -0.2) is 4.39 Å². The number of halogens is 1. The molecule has 92 valence electrons. The number of ether oxygens (including phenoxy) is 1. The van der Waals surface area contributed by atoms with Gasteiger partial charge in [0.15, 0.2) is 5.92 Å². The van der Waals surface area contributed by atoms with Crippen molar-refractivity contribution in [1.82, 2.24) is 0 Å². The minimum Gasteiger partial charge on any atom is -0.481 e. The summed E-state index contributed by atoms with van der Waals surface area (Å²) in [5.74, 6) is -3.71. The molecule has 17 heavy (non-hydrogen) atoms. The highest BCUT2D eigenvalue weighted by atomic mass is 19.1. The fraction of sp³-hybridized carbons (Fsp3) is 0.333. The summed E-state index contributed by atoms with van der Waals surface area (Å²) in [4.78, 5) is 22.2. The number of methoxy groups -OCH3 is 1. The standard InChI is InChI=1S/C12H13FO4/c1-7-5-9(13)4-3-8(7)6-10(11(14)15)12(16)17-2/h3-5,10H,6H2,1-2H3,(H,14,15). The average Bonchev–Trinajstić information content (AvgIpc) is 2.26. The molecule has 1 unspecified atom stereocenters. The Bertz CT molecular complexity index is 442. The lowest BCUT2D eigenvalue weighted by molar-refractivity contribution is -0.156. The van der Waals surface area contributed by atoms with Gasteiger partial charge < -0.3 is 9.84 Å². The molecule has 1 atom stereocenters. The summed E-state index contributed by atoms with van der Waals surface area (Å²) in [5, 5.41) is 8.91. The van der Waals surface area contributed by atoms with Crippen molar-refractivity contribution >= 4 is 11.9 Å². The van der Waals surface area contributed by atoms with Crippen LogP contribution in [-0.2, 0) is 20.7 Å². The summed E-state index contributed by atoms with van der Waals surface area (Å²) < 4.78 is 17.3. The minimum absolute atomic E-state index is 0.00583. The Morgan fingerprint density at radius 3 is 2.59 bits per heavy atom. The lowest BCUT2D eigenvalue weighted by Crippen LogP contribution is -2.27. The van der Waals surface area contributed by atoms with Gasteiger partial charge in [-0.05, 0) is 36.6 Å². The van der Waals surface area contributed by atoms with Crippen molar-refractivity contribution in [2.45, 2.75) is 13.3 Å². The first-order chi connectivity index (χ1) is 7.95. The van der Waals surface area contributed by atoms with Gasteiger partial charge in [-0.1, -0.05) is 6.07 Å². The van der Waals surface area contributed by atoms with E-state index >= 15 is 0 Å². The smallest absolute Gasteiger partial charge is 0.320 e. The molecule has 0 fully saturated rings. The summed E-state index contributed by atoms with van der Waals surface area (Å²) in [6.07, 6.45) is -0.00583. The van der Waals surface area contributed by atoms with E-state index in [2.05, 4.69) is 4.74 Å². The monoisotopic (exact) mass is 240 g/mol. The van der Waals surface area contributed by atoms with Crippen LogP contribution < -0.4 is 0 Å². The molecular formula is C12H13FO4. The second kappa shape index (κ2) is 5.43. The summed E-state index contributed by atoms with van der Waals surface area (Å²) in [6, 6.07) is 4.01. The maximum absolute atomic E-state index is 12.9. The van der Waals surface area contributed by atoms with Crippen LogP contribution in [0.25, 0.3) is 0 Å². The van der Waals surface area contributed by atoms with Gasteiger partial charge in [-0.2, -0.15) is 0 Å². The SMILES string of the molecule is COC(=O)C(Cc1ccc(F)cc1C)C(=O)O. The molecule has 0 saturated heterocycles. The van der Waals surface area contributed by atoms with Crippen LogP contribution in [-0.4, -0.2) is 24.2 Å². The highest BCUT2D eigenvalue weighted by Gasteiger charge is 2.27. The molecule has 1 N–H and O–H groups in total. The Morgan fingerprint density at radius 2 is 2.12 bits per heavy atom. The fourth-order valence-electron chi connectivity index (χ4n) is 1.52. The largest absolute Gasteiger partial charge is 0.481 e. The number of aliphatic carboxylic acids is 1. The maximum Gasteiger partial charge on any atom is 0.320 e. The van der Waals surface area contributed by atoms with E-state index in [4.69, 9.17) is 5.11 Å². The second-order valence-electron chi connectivity index (χ2n) is 3.69. The van der Waals surface area contributed by atoms with Gasteiger partial charge in [0.1, 0.15) is 5.82 Å². The van der Waals surface area contributed by atoms with Crippen LogP contribution >= 0.6 is 0 Å². The fourth-order valence-corrected chi connectivity index (χ4v) is 1.52. The Balaban J connectivity index is 2.94. The number of rotatable bonds is 4. The number of carbonyl (C=O) groups is 2. The van der Waals surface area contributed by atoms with Gasteiger partial charge in [-0.3, -0.25) is 9.59 Å². The molecule has 0 amide bonds. The molecule has 0 aliphatic rings. The topological polar surface area (TPSA) is 63.6 Å². The zero-order valence-electron chi connectivity index (χ0n) is 9.57. The van der Waals surface area contributed by atoms with Crippen LogP contribution in [0.15, 0.2) is 18.2 Å². The zero-order valence-corrected chi connectivity index (χ0v) is 9.57. The molecule has 1 aromatic rings. The van der Waals surface area contributed by atoms with Crippen molar-refractivity contribution in [1.29, 1.82) is 0 Å². The summed E-state index contributed by atoms with van der Waals surface area (Å²) in [7, 11) is 1.13. The first-order valence-corrected chi connectivity index (χ1v) is 5.01. The number of benzene rings is 1. The van der Waals surface area contributed by atoms with E-state index in [0.29, 0.717) is 11.1 Å². The molecule has 1 aromatic carbocycles. The van der Waals surface area contributed by atoms with Crippen molar-refractivity contribution in [2.75, 3.05) is 7.11 Å². The predicted octanol–water partition coefficient (Wildman–Crippen LogP) is 1.55. The molecule has 4 nitrogen and oxygen atoms in total. The maximum atomic E-state index is 12.9. The second-order valence-corrected chi connectivity index (χ2v) is 3.69. The van der Waals surface area contributed by atoms with Crippen LogP contribution in [0.1, 0.15) is 11.1 Å². The molecule has 0 saturated carbocycles. The van der Waals surface area contributed by atoms with E-state index in [1.54, 1.807) is 6.92 Å². The summed E-state index contributed by atoms with van der Waals surface area (Å²) >= 11 is 0. The van der Waals surface area contributed by atoms with Crippen LogP contribution in [0, 0.1) is 18.7 Å². The molecule has 0 aliphatic heterocycles. The molecule has 0 bridgehead atoms. The van der Waals surface area contributed by atoms with Crippen LogP contribution in [0.2, 0.25) is 0 Å². The van der Waals surface area contributed by atoms with Crippen LogP contribution in [0.5, 0.6) is 0 Å². The number of aryl methyl sites for hydroxylation is 1. The molecule has 5 heteroatoms. The highest BCUT2D eigenvalue weighted by Crippen LogP contribution is 2.16. The Labute approximate surface area is 98.0 Å². The number of carbonyl (C=O) groups excluding carboxylic acids is 1. The number of esters is 1. The van der Waals surface area contributed by atoms with E-state index in [0.717, 1.165) is 7.11 Å². The molecule has 0 aromatic heterocycles. The van der Waals surface area contributed by atoms with Crippen LogP contribution in [0.3, 0.4) is 0 Å². The first kappa shape index (κ1) is 13.2. The van der Waals surface area contributed by atoms with Crippen LogP contribution in [0.4, 0.5) is 4.39 Å². The quantitative estimate of drug-likeness (QED) is 0.640. The zero-order chi connectivity index (χ0) is 13.0. The van der Waals surface area contributed by atoms with E-state index in [1.165, 1.54) is 18.2 Å². The molecule has 1 rings (SSSR count). The van der Waals surface area contributed by atoms with E-state index in [1.807, 2.05) is 0 Å². The van der Waals surface area contributed by atoms with E-state index in [-0.39, 0.29) is 6.42 Å². The third-order valence-electron chi connectivity index (χ3n) is 2.51. The average molecular weight is 240 g/mol. The van der Waals surface area contributed by atoms with Gasteiger partial charge in [0, 0.05) is 0 Å². The van der Waals surface area contributed by atoms with Crippen molar-refractivity contribution in [3.8, 4) is 0 Å². The third-order valence-corrected chi connectivity index (χ3v) is 2.51. The van der Waals surface area contributed by atoms with Crippen molar-refractivity contribution < 1.29 is 23.8 Å². The first-order valence-electron chi connectivity index (χ1n) is 5.01. The Kier molecular flexibility index (Phi) is 4.20. The molecule has 0 heterocycles. The van der Waals surface area contributed by atoms with Crippen molar-refractivity contribution in [3.63, 3.8) is 0 Å². The number of hydrogen-bond acceptors (Lipinski definition) is 3.